The lowest BCUT2D eigenvalue weighted by Crippen LogP contribution is -2.51. The van der Waals surface area contributed by atoms with E-state index in [1.54, 1.807) is 9.80 Å². The normalized spacial score (nSPS) is 17.8. The SMILES string of the molecule is COC(=O)N[C@H](C(=O)N1CCC[C@H]1c1nc(Cl)c(-c2ccc(-c3ccc4cc(-c5c[nH]c([C@@H]6CCCN6C(=O)[C@H](C(C)C)N(C)C(=O)O)n5)ccc4c3)cc2)[nH]1)C(C)C. The Balaban J connectivity index is 1.05. The van der Waals surface area contributed by atoms with E-state index in [-0.39, 0.29) is 35.7 Å². The van der Waals surface area contributed by atoms with Gasteiger partial charge in [-0.2, -0.15) is 0 Å². The third-order valence-electron chi connectivity index (χ3n) is 11.6. The second kappa shape index (κ2) is 17.1. The van der Waals surface area contributed by atoms with Gasteiger partial charge in [0.15, 0.2) is 5.15 Å². The molecule has 2 aliphatic heterocycles. The van der Waals surface area contributed by atoms with Crippen LogP contribution in [0.5, 0.6) is 0 Å². The molecule has 14 nitrogen and oxygen atoms in total. The molecule has 0 saturated carbocycles. The lowest BCUT2D eigenvalue weighted by Gasteiger charge is -2.33. The number of aromatic nitrogens is 4. The summed E-state index contributed by atoms with van der Waals surface area (Å²) in [5, 5.41) is 14.7. The summed E-state index contributed by atoms with van der Waals surface area (Å²) < 4.78 is 4.76. The molecular formula is C44H51ClN8O6. The van der Waals surface area contributed by atoms with Crippen LogP contribution in [0, 0.1) is 11.8 Å². The van der Waals surface area contributed by atoms with Gasteiger partial charge in [0.25, 0.3) is 0 Å². The number of hydrogen-bond donors (Lipinski definition) is 4. The van der Waals surface area contributed by atoms with E-state index in [0.29, 0.717) is 35.6 Å². The third kappa shape index (κ3) is 8.36. The van der Waals surface area contributed by atoms with Crippen LogP contribution in [0.25, 0.3) is 44.4 Å². The number of aromatic amines is 2. The number of methoxy groups -OCH3 is 1. The van der Waals surface area contributed by atoms with E-state index in [2.05, 4.69) is 50.6 Å². The largest absolute Gasteiger partial charge is 0.465 e. The number of alkyl carbamates (subject to hydrolysis) is 1. The number of likely N-dealkylation sites (tertiary alicyclic amines) is 2. The number of fused-ring (bicyclic) bond motifs is 1. The molecule has 4 amide bonds. The average Bonchev–Trinajstić information content (AvgIpc) is 4.06. The number of H-pyrrole nitrogens is 2. The third-order valence-corrected chi connectivity index (χ3v) is 11.9. The molecule has 4 heterocycles. The Morgan fingerprint density at radius 1 is 0.814 bits per heavy atom. The van der Waals surface area contributed by atoms with Crippen LogP contribution in [0.1, 0.15) is 77.1 Å². The topological polar surface area (TPSA) is 177 Å². The minimum atomic E-state index is -1.13. The molecule has 4 atom stereocenters. The predicted octanol–water partition coefficient (Wildman–Crippen LogP) is 8.28. The molecule has 15 heteroatoms. The minimum absolute atomic E-state index is 0.136. The van der Waals surface area contributed by atoms with Gasteiger partial charge in [-0.15, -0.1) is 0 Å². The number of carbonyl (C=O) groups excluding carboxylic acids is 3. The second-order valence-electron chi connectivity index (χ2n) is 16.1. The molecule has 0 aliphatic carbocycles. The van der Waals surface area contributed by atoms with Crippen LogP contribution in [0.15, 0.2) is 66.9 Å². The Bertz CT molecular complexity index is 2360. The first kappa shape index (κ1) is 41.3. The second-order valence-corrected chi connectivity index (χ2v) is 16.5. The molecule has 310 valence electrons. The summed E-state index contributed by atoms with van der Waals surface area (Å²) in [6, 6.07) is 18.6. The van der Waals surface area contributed by atoms with Crippen molar-refractivity contribution < 1.29 is 29.0 Å². The standard InChI is InChI=1S/C44H51ClN8O6/c1-24(2)35(49-43(56)59-6)41(54)52-19-8-10-34(52)40-48-36(38(45)50-40)27-13-11-26(12-14-27)28-15-16-30-22-31(18-17-29(30)21-28)32-23-46-39(47-32)33-9-7-20-53(33)42(55)37(25(3)4)51(5)44(57)58/h11-18,21-25,33-35,37H,7-10,19-20H2,1-6H3,(H,46,47)(H,48,50)(H,49,56)(H,57,58)/t33-,34-,35-,37-/m0/s1. The van der Waals surface area contributed by atoms with Crippen LogP contribution in [-0.2, 0) is 14.3 Å². The number of hydrogen-bond acceptors (Lipinski definition) is 7. The van der Waals surface area contributed by atoms with E-state index in [4.69, 9.17) is 21.3 Å². The molecule has 2 fully saturated rings. The van der Waals surface area contributed by atoms with Gasteiger partial charge in [-0.05, 0) is 71.6 Å². The first-order chi connectivity index (χ1) is 28.2. The number of benzene rings is 3. The van der Waals surface area contributed by atoms with E-state index in [9.17, 15) is 24.3 Å². The summed E-state index contributed by atoms with van der Waals surface area (Å²) in [7, 11) is 2.73. The zero-order chi connectivity index (χ0) is 42.1. The average molecular weight is 823 g/mol. The Morgan fingerprint density at radius 2 is 1.39 bits per heavy atom. The highest BCUT2D eigenvalue weighted by Gasteiger charge is 2.40. The molecule has 0 unspecified atom stereocenters. The van der Waals surface area contributed by atoms with Crippen LogP contribution in [0.3, 0.4) is 0 Å². The maximum Gasteiger partial charge on any atom is 0.407 e. The van der Waals surface area contributed by atoms with Crippen LogP contribution < -0.4 is 5.32 Å². The Labute approximate surface area is 348 Å². The number of nitrogens with one attached hydrogen (secondary N) is 3. The van der Waals surface area contributed by atoms with Gasteiger partial charge in [0, 0.05) is 37.5 Å². The first-order valence-electron chi connectivity index (χ1n) is 20.1. The van der Waals surface area contributed by atoms with E-state index in [1.807, 2.05) is 64.2 Å². The van der Waals surface area contributed by atoms with Crippen LogP contribution in [0.2, 0.25) is 5.15 Å². The van der Waals surface area contributed by atoms with E-state index >= 15 is 0 Å². The number of ether oxygens (including phenoxy) is 1. The van der Waals surface area contributed by atoms with Crippen molar-refractivity contribution in [2.75, 3.05) is 27.2 Å². The molecular weight excluding hydrogens is 772 g/mol. The molecule has 0 spiro atoms. The quantitative estimate of drug-likeness (QED) is 0.103. The van der Waals surface area contributed by atoms with Crippen LogP contribution in [0.4, 0.5) is 9.59 Å². The monoisotopic (exact) mass is 822 g/mol. The van der Waals surface area contributed by atoms with E-state index in [0.717, 1.165) is 69.3 Å². The predicted molar refractivity (Wildman–Crippen MR) is 226 cm³/mol. The van der Waals surface area contributed by atoms with Gasteiger partial charge < -0.3 is 34.9 Å². The van der Waals surface area contributed by atoms with E-state index in [1.165, 1.54) is 14.2 Å². The molecule has 7 rings (SSSR count). The minimum Gasteiger partial charge on any atom is -0.465 e. The summed E-state index contributed by atoms with van der Waals surface area (Å²) >= 11 is 6.70. The molecule has 2 aliphatic rings. The smallest absolute Gasteiger partial charge is 0.407 e. The molecule has 5 aromatic rings. The van der Waals surface area contributed by atoms with Crippen molar-refractivity contribution >= 4 is 46.4 Å². The maximum absolute atomic E-state index is 13.6. The van der Waals surface area contributed by atoms with Crippen molar-refractivity contribution in [1.82, 2.24) is 40.0 Å². The van der Waals surface area contributed by atoms with Gasteiger partial charge in [0.05, 0.1) is 30.6 Å². The summed E-state index contributed by atoms with van der Waals surface area (Å²) in [5.74, 6) is 0.606. The summed E-state index contributed by atoms with van der Waals surface area (Å²) in [6.45, 7) is 8.59. The number of rotatable bonds is 11. The number of carbonyl (C=O) groups is 4. The molecule has 4 N–H and O–H groups in total. The van der Waals surface area contributed by atoms with Crippen molar-refractivity contribution in [3.8, 4) is 33.6 Å². The summed E-state index contributed by atoms with van der Waals surface area (Å²) in [6.07, 6.45) is 3.18. The number of amides is 4. The molecule has 0 bridgehead atoms. The molecule has 2 aromatic heterocycles. The lowest BCUT2D eigenvalue weighted by atomic mass is 9.98. The van der Waals surface area contributed by atoms with Gasteiger partial charge in [0.2, 0.25) is 11.8 Å². The molecule has 2 saturated heterocycles. The lowest BCUT2D eigenvalue weighted by molar-refractivity contribution is -0.138. The maximum atomic E-state index is 13.6. The number of imidazole rings is 2. The fourth-order valence-corrected chi connectivity index (χ4v) is 8.73. The van der Waals surface area contributed by atoms with E-state index < -0.39 is 24.3 Å². The Kier molecular flexibility index (Phi) is 12.0. The highest BCUT2D eigenvalue weighted by molar-refractivity contribution is 6.32. The van der Waals surface area contributed by atoms with Crippen LogP contribution in [-0.4, -0.2) is 103 Å². The van der Waals surface area contributed by atoms with Crippen molar-refractivity contribution in [1.29, 1.82) is 0 Å². The Morgan fingerprint density at radius 3 is 2.00 bits per heavy atom. The first-order valence-corrected chi connectivity index (χ1v) is 20.5. The van der Waals surface area contributed by atoms with Gasteiger partial charge in [-0.25, -0.2) is 19.6 Å². The summed E-state index contributed by atoms with van der Waals surface area (Å²) in [5.41, 5.74) is 5.33. The highest BCUT2D eigenvalue weighted by atomic mass is 35.5. The number of halogens is 1. The van der Waals surface area contributed by atoms with Gasteiger partial charge in [-0.1, -0.05) is 87.8 Å². The van der Waals surface area contributed by atoms with Crippen molar-refractivity contribution in [2.24, 2.45) is 11.8 Å². The highest BCUT2D eigenvalue weighted by Crippen LogP contribution is 2.37. The fraction of sp³-hybridized carbons (Fsp3) is 0.409. The van der Waals surface area contributed by atoms with Crippen LogP contribution >= 0.6 is 11.6 Å². The van der Waals surface area contributed by atoms with Gasteiger partial charge >= 0.3 is 12.2 Å². The number of carboxylic acid groups (broad SMARTS) is 1. The summed E-state index contributed by atoms with van der Waals surface area (Å²) in [4.78, 5) is 71.9. The molecule has 3 aromatic carbocycles. The number of nitrogens with zero attached hydrogens (tertiary/aromatic N) is 5. The zero-order valence-corrected chi connectivity index (χ0v) is 34.9. The molecule has 59 heavy (non-hydrogen) atoms. The number of likely N-dealkylation sites (N-methyl/N-ethyl adjacent to an activating group) is 1. The van der Waals surface area contributed by atoms with Gasteiger partial charge in [0.1, 0.15) is 23.7 Å². The van der Waals surface area contributed by atoms with Crippen molar-refractivity contribution in [2.45, 2.75) is 77.5 Å². The van der Waals surface area contributed by atoms with Gasteiger partial charge in [-0.3, -0.25) is 14.5 Å². The van der Waals surface area contributed by atoms with Crippen molar-refractivity contribution in [3.05, 3.63) is 83.7 Å². The Hall–Kier alpha value is -5.89. The zero-order valence-electron chi connectivity index (χ0n) is 34.2. The fourth-order valence-electron chi connectivity index (χ4n) is 8.48. The van der Waals surface area contributed by atoms with Crippen molar-refractivity contribution in [3.63, 3.8) is 0 Å². The molecule has 0 radical (unpaired) electrons.